The Morgan fingerprint density at radius 2 is 1.83 bits per heavy atom. The molecule has 1 spiro atoms. The van der Waals surface area contributed by atoms with Crippen LogP contribution in [0.15, 0.2) is 41.2 Å². The summed E-state index contributed by atoms with van der Waals surface area (Å²) in [6.45, 7) is 5.97. The van der Waals surface area contributed by atoms with Gasteiger partial charge >= 0.3 is 0 Å². The van der Waals surface area contributed by atoms with Gasteiger partial charge in [0.25, 0.3) is 0 Å². The highest BCUT2D eigenvalue weighted by Gasteiger charge is 2.43. The largest absolute Gasteiger partial charge is 0.360 e. The molecule has 0 saturated carbocycles. The maximum atomic E-state index is 14.1. The molecule has 9 heteroatoms. The summed E-state index contributed by atoms with van der Waals surface area (Å²) >= 11 is 14.5. The van der Waals surface area contributed by atoms with Crippen LogP contribution in [-0.4, -0.2) is 28.2 Å². The van der Waals surface area contributed by atoms with E-state index in [1.165, 1.54) is 11.6 Å². The van der Waals surface area contributed by atoms with E-state index in [2.05, 4.69) is 39.9 Å². The summed E-state index contributed by atoms with van der Waals surface area (Å²) in [5, 5.41) is 6.20. The van der Waals surface area contributed by atoms with Crippen LogP contribution in [0.1, 0.15) is 50.4 Å². The summed E-state index contributed by atoms with van der Waals surface area (Å²) in [7, 11) is 0. The summed E-state index contributed by atoms with van der Waals surface area (Å²) in [6, 6.07) is 5.13. The fourth-order valence-electron chi connectivity index (χ4n) is 5.20. The van der Waals surface area contributed by atoms with E-state index in [1.807, 2.05) is 6.07 Å². The second-order valence-corrected chi connectivity index (χ2v) is 11.5. The zero-order valence-corrected chi connectivity index (χ0v) is 21.6. The third-order valence-corrected chi connectivity index (χ3v) is 8.72. The van der Waals surface area contributed by atoms with Crippen molar-refractivity contribution in [3.05, 3.63) is 63.9 Å². The number of piperidine rings is 1. The Labute approximate surface area is 216 Å². The van der Waals surface area contributed by atoms with E-state index in [4.69, 9.17) is 27.7 Å². The number of hydrogen-bond donors (Lipinski definition) is 0. The molecule has 6 rings (SSSR count). The third-order valence-electron chi connectivity index (χ3n) is 7.07. The number of thiazole rings is 1. The average Bonchev–Trinajstić information content (AvgIpc) is 3.43. The molecule has 35 heavy (non-hydrogen) atoms. The first-order valence-electron chi connectivity index (χ1n) is 11.7. The van der Waals surface area contributed by atoms with Gasteiger partial charge in [0.15, 0.2) is 5.13 Å². The molecule has 0 unspecified atom stereocenters. The molecule has 5 nitrogen and oxygen atoms in total. The highest BCUT2D eigenvalue weighted by molar-refractivity contribution is 7.22. The molecule has 3 aromatic heterocycles. The molecule has 180 valence electrons. The van der Waals surface area contributed by atoms with Gasteiger partial charge in [0.05, 0.1) is 14.7 Å². The van der Waals surface area contributed by atoms with Gasteiger partial charge in [-0.05, 0) is 42.4 Å². The van der Waals surface area contributed by atoms with E-state index in [0.717, 1.165) is 53.5 Å². The third kappa shape index (κ3) is 3.85. The van der Waals surface area contributed by atoms with Crippen molar-refractivity contribution >= 4 is 55.5 Å². The predicted molar refractivity (Wildman–Crippen MR) is 140 cm³/mol. The summed E-state index contributed by atoms with van der Waals surface area (Å²) in [5.74, 6) is 0.758. The number of aromatic nitrogens is 3. The molecule has 1 saturated heterocycles. The standard InChI is InChI=1S/C26H23Cl2FN4OS/c1-14(2)24-20(23(32-34-24)21-16(27)12-30-13-17(21)28)15-10-26(11-15)6-8-33(9-7-26)25-31-22-18(29)4-3-5-19(22)35-25/h3-5,10,12-14H,6-9,11H2,1-2H3. The molecule has 1 aliphatic heterocycles. The minimum atomic E-state index is -0.259. The lowest BCUT2D eigenvalue weighted by atomic mass is 9.63. The van der Waals surface area contributed by atoms with Gasteiger partial charge in [-0.25, -0.2) is 9.37 Å². The maximum Gasteiger partial charge on any atom is 0.186 e. The van der Waals surface area contributed by atoms with Gasteiger partial charge in [-0.2, -0.15) is 0 Å². The molecule has 1 aromatic carbocycles. The van der Waals surface area contributed by atoms with E-state index >= 15 is 0 Å². The quantitative estimate of drug-likeness (QED) is 0.268. The fourth-order valence-corrected chi connectivity index (χ4v) is 6.77. The normalized spacial score (nSPS) is 17.3. The Bertz CT molecular complexity index is 1450. The first-order valence-corrected chi connectivity index (χ1v) is 13.2. The molecule has 0 bridgehead atoms. The topological polar surface area (TPSA) is 55.1 Å². The van der Waals surface area contributed by atoms with Crippen molar-refractivity contribution in [2.75, 3.05) is 18.0 Å². The summed E-state index contributed by atoms with van der Waals surface area (Å²) in [4.78, 5) is 10.9. The highest BCUT2D eigenvalue weighted by atomic mass is 35.5. The van der Waals surface area contributed by atoms with Crippen molar-refractivity contribution in [3.8, 4) is 11.3 Å². The number of halogens is 3. The van der Waals surface area contributed by atoms with Crippen LogP contribution in [0.5, 0.6) is 0 Å². The molecular formula is C26H23Cl2FN4OS. The van der Waals surface area contributed by atoms with Crippen LogP contribution in [0.25, 0.3) is 27.0 Å². The van der Waals surface area contributed by atoms with Crippen LogP contribution >= 0.6 is 34.5 Å². The molecule has 0 N–H and O–H groups in total. The van der Waals surface area contributed by atoms with Gasteiger partial charge in [-0.3, -0.25) is 4.98 Å². The van der Waals surface area contributed by atoms with Crippen LogP contribution < -0.4 is 4.90 Å². The van der Waals surface area contributed by atoms with Gasteiger partial charge in [-0.15, -0.1) is 0 Å². The first-order chi connectivity index (χ1) is 16.8. The Balaban J connectivity index is 1.27. The average molecular weight is 529 g/mol. The number of hydrogen-bond acceptors (Lipinski definition) is 6. The fraction of sp³-hybridized carbons (Fsp3) is 0.346. The second-order valence-electron chi connectivity index (χ2n) is 9.68. The maximum absolute atomic E-state index is 14.1. The molecule has 1 aliphatic carbocycles. The zero-order valence-electron chi connectivity index (χ0n) is 19.3. The number of anilines is 1. The highest BCUT2D eigenvalue weighted by Crippen LogP contribution is 2.54. The minimum absolute atomic E-state index is 0.141. The Hall–Kier alpha value is -2.48. The van der Waals surface area contributed by atoms with E-state index in [-0.39, 0.29) is 17.2 Å². The van der Waals surface area contributed by atoms with Crippen LogP contribution in [0.3, 0.4) is 0 Å². The summed E-state index contributed by atoms with van der Waals surface area (Å²) in [6.07, 6.45) is 8.52. The van der Waals surface area contributed by atoms with E-state index < -0.39 is 0 Å². The number of allylic oxidation sites excluding steroid dienone is 2. The molecule has 4 heterocycles. The smallest absolute Gasteiger partial charge is 0.186 e. The summed E-state index contributed by atoms with van der Waals surface area (Å²) < 4.78 is 20.8. The zero-order chi connectivity index (χ0) is 24.3. The van der Waals surface area contributed by atoms with Crippen molar-refractivity contribution in [1.29, 1.82) is 0 Å². The number of fused-ring (bicyclic) bond motifs is 1. The van der Waals surface area contributed by atoms with Crippen molar-refractivity contribution in [3.63, 3.8) is 0 Å². The molecule has 1 fully saturated rings. The van der Waals surface area contributed by atoms with Gasteiger partial charge in [-0.1, -0.05) is 65.7 Å². The lowest BCUT2D eigenvalue weighted by Gasteiger charge is -2.46. The van der Waals surface area contributed by atoms with Crippen LogP contribution in [0.4, 0.5) is 9.52 Å². The number of benzene rings is 1. The number of pyridine rings is 1. The van der Waals surface area contributed by atoms with Crippen LogP contribution in [-0.2, 0) is 0 Å². The summed E-state index contributed by atoms with van der Waals surface area (Å²) in [5.41, 5.74) is 4.18. The van der Waals surface area contributed by atoms with E-state index in [9.17, 15) is 4.39 Å². The molecule has 4 aromatic rings. The molecule has 0 atom stereocenters. The van der Waals surface area contributed by atoms with Gasteiger partial charge in [0.2, 0.25) is 0 Å². The second kappa shape index (κ2) is 8.57. The monoisotopic (exact) mass is 528 g/mol. The predicted octanol–water partition coefficient (Wildman–Crippen LogP) is 7.99. The van der Waals surface area contributed by atoms with E-state index in [0.29, 0.717) is 26.8 Å². The van der Waals surface area contributed by atoms with Crippen molar-refractivity contribution < 1.29 is 8.91 Å². The number of rotatable bonds is 4. The SMILES string of the molecule is CC(C)c1onc(-c2c(Cl)cncc2Cl)c1C1=CC2(CCN(c3nc4c(F)cccc4s3)CC2)C1. The molecular weight excluding hydrogens is 506 g/mol. The van der Waals surface area contributed by atoms with Crippen LogP contribution in [0, 0.1) is 11.2 Å². The Morgan fingerprint density at radius 3 is 2.49 bits per heavy atom. The molecule has 0 amide bonds. The Morgan fingerprint density at radius 1 is 1.11 bits per heavy atom. The van der Waals surface area contributed by atoms with Gasteiger partial charge in [0.1, 0.15) is 22.8 Å². The van der Waals surface area contributed by atoms with Crippen molar-refractivity contribution in [2.45, 2.75) is 39.0 Å². The number of para-hydroxylation sites is 1. The minimum Gasteiger partial charge on any atom is -0.360 e. The lowest BCUT2D eigenvalue weighted by Crippen LogP contribution is -2.42. The number of nitrogens with zero attached hydrogens (tertiary/aromatic N) is 4. The molecule has 0 radical (unpaired) electrons. The molecule has 2 aliphatic rings. The van der Waals surface area contributed by atoms with Crippen LogP contribution in [0.2, 0.25) is 10.0 Å². The van der Waals surface area contributed by atoms with Gasteiger partial charge < -0.3 is 9.42 Å². The van der Waals surface area contributed by atoms with Gasteiger partial charge in [0, 0.05) is 42.5 Å². The van der Waals surface area contributed by atoms with Crippen molar-refractivity contribution in [2.24, 2.45) is 5.41 Å². The Kier molecular flexibility index (Phi) is 5.62. The van der Waals surface area contributed by atoms with E-state index in [1.54, 1.807) is 29.8 Å². The lowest BCUT2D eigenvalue weighted by molar-refractivity contribution is 0.277. The van der Waals surface area contributed by atoms with Crippen molar-refractivity contribution in [1.82, 2.24) is 15.1 Å². The first kappa shape index (κ1) is 23.0.